The number of nitrogens with one attached hydrogen (secondary N) is 2. The Hall–Kier alpha value is -3.19. The topological polar surface area (TPSA) is 75.6 Å². The van der Waals surface area contributed by atoms with Gasteiger partial charge in [0.05, 0.1) is 29.8 Å². The molecule has 4 aromatic rings. The van der Waals surface area contributed by atoms with E-state index < -0.39 is 5.82 Å². The van der Waals surface area contributed by atoms with E-state index in [1.807, 2.05) is 30.7 Å². The van der Waals surface area contributed by atoms with E-state index >= 15 is 0 Å². The minimum absolute atomic E-state index is 0.140. The van der Waals surface area contributed by atoms with Crippen molar-refractivity contribution in [2.24, 2.45) is 7.05 Å². The Balaban J connectivity index is 1.67. The van der Waals surface area contributed by atoms with Crippen molar-refractivity contribution in [1.29, 1.82) is 0 Å². The molecule has 3 aromatic heterocycles. The molecule has 0 saturated carbocycles. The largest absolute Gasteiger partial charge is 0.363 e. The van der Waals surface area contributed by atoms with E-state index in [1.54, 1.807) is 30.9 Å². The average molecular weight is 398 g/mol. The van der Waals surface area contributed by atoms with E-state index in [2.05, 4.69) is 20.3 Å². The van der Waals surface area contributed by atoms with Crippen LogP contribution in [0.5, 0.6) is 0 Å². The van der Waals surface area contributed by atoms with Crippen LogP contribution in [0.4, 0.5) is 10.2 Å². The number of fused-ring (bicyclic) bond motifs is 1. The van der Waals surface area contributed by atoms with Crippen molar-refractivity contribution < 1.29 is 4.39 Å². The number of aromatic amines is 1. The van der Waals surface area contributed by atoms with Gasteiger partial charge in [0.1, 0.15) is 11.6 Å². The number of halogens is 2. The first-order valence-corrected chi connectivity index (χ1v) is 9.01. The van der Waals surface area contributed by atoms with Crippen molar-refractivity contribution >= 4 is 28.3 Å². The van der Waals surface area contributed by atoms with Crippen molar-refractivity contribution in [2.75, 3.05) is 5.32 Å². The monoisotopic (exact) mass is 397 g/mol. The van der Waals surface area contributed by atoms with Crippen LogP contribution in [-0.4, -0.2) is 19.5 Å². The van der Waals surface area contributed by atoms with E-state index in [-0.39, 0.29) is 22.1 Å². The second-order valence-corrected chi connectivity index (χ2v) is 7.03. The molecule has 0 aliphatic carbocycles. The first kappa shape index (κ1) is 18.2. The van der Waals surface area contributed by atoms with Crippen LogP contribution >= 0.6 is 11.6 Å². The Morgan fingerprint density at radius 1 is 1.29 bits per heavy atom. The molecule has 4 rings (SSSR count). The van der Waals surface area contributed by atoms with Crippen molar-refractivity contribution in [3.8, 4) is 11.3 Å². The highest BCUT2D eigenvalue weighted by Crippen LogP contribution is 2.25. The minimum atomic E-state index is -0.558. The zero-order valence-corrected chi connectivity index (χ0v) is 16.0. The third kappa shape index (κ3) is 3.36. The van der Waals surface area contributed by atoms with E-state index in [0.717, 1.165) is 11.3 Å². The van der Waals surface area contributed by atoms with Crippen LogP contribution in [0.2, 0.25) is 5.02 Å². The second kappa shape index (κ2) is 7.09. The molecule has 0 saturated heterocycles. The van der Waals surface area contributed by atoms with Gasteiger partial charge in [0.15, 0.2) is 0 Å². The van der Waals surface area contributed by atoms with E-state index in [0.29, 0.717) is 16.8 Å². The number of imidazole rings is 1. The van der Waals surface area contributed by atoms with Gasteiger partial charge < -0.3 is 14.9 Å². The first-order valence-electron chi connectivity index (χ1n) is 8.63. The molecule has 0 spiro atoms. The van der Waals surface area contributed by atoms with Crippen LogP contribution in [0.1, 0.15) is 18.5 Å². The van der Waals surface area contributed by atoms with Crippen molar-refractivity contribution in [1.82, 2.24) is 19.5 Å². The number of aromatic nitrogens is 4. The molecular weight excluding hydrogens is 381 g/mol. The Morgan fingerprint density at radius 2 is 2.11 bits per heavy atom. The molecule has 0 unspecified atom stereocenters. The Labute approximate surface area is 165 Å². The number of aryl methyl sites for hydroxylation is 1. The predicted molar refractivity (Wildman–Crippen MR) is 108 cm³/mol. The third-order valence-electron chi connectivity index (χ3n) is 4.60. The standard InChI is InChI=1S/C20H17ClFN5O/c1-11(15-6-13-5-14(21)8-16(22)19(13)26-20(15)28)25-18-7-12(3-4-24-18)17-9-23-10-27(17)2/h3-11H,1-2H3,(H,24,25)(H,26,28)/t11-/m0/s1. The van der Waals surface area contributed by atoms with Crippen molar-refractivity contribution in [3.05, 3.63) is 75.8 Å². The molecule has 0 aliphatic rings. The maximum Gasteiger partial charge on any atom is 0.253 e. The number of hydrogen-bond donors (Lipinski definition) is 2. The molecule has 8 heteroatoms. The molecule has 142 valence electrons. The summed E-state index contributed by atoms with van der Waals surface area (Å²) >= 11 is 5.94. The summed E-state index contributed by atoms with van der Waals surface area (Å²) in [6, 6.07) is 7.86. The molecule has 2 N–H and O–H groups in total. The zero-order chi connectivity index (χ0) is 19.8. The molecule has 1 atom stereocenters. The van der Waals surface area contributed by atoms with Gasteiger partial charge in [-0.15, -0.1) is 0 Å². The Bertz CT molecular complexity index is 1230. The number of pyridine rings is 2. The molecule has 1 aromatic carbocycles. The summed E-state index contributed by atoms with van der Waals surface area (Å²) in [7, 11) is 1.91. The first-order chi connectivity index (χ1) is 13.4. The Morgan fingerprint density at radius 3 is 2.86 bits per heavy atom. The van der Waals surface area contributed by atoms with Crippen LogP contribution in [0.25, 0.3) is 22.2 Å². The van der Waals surface area contributed by atoms with E-state index in [9.17, 15) is 9.18 Å². The predicted octanol–water partition coefficient (Wildman–Crippen LogP) is 4.29. The number of benzene rings is 1. The fourth-order valence-corrected chi connectivity index (χ4v) is 3.40. The van der Waals surface area contributed by atoms with Crippen molar-refractivity contribution in [2.45, 2.75) is 13.0 Å². The molecular formula is C20H17ClFN5O. The van der Waals surface area contributed by atoms with Crippen LogP contribution < -0.4 is 10.9 Å². The molecule has 0 amide bonds. The highest BCUT2D eigenvalue weighted by atomic mass is 35.5. The number of rotatable bonds is 4. The fraction of sp³-hybridized carbons (Fsp3) is 0.150. The highest BCUT2D eigenvalue weighted by molar-refractivity contribution is 6.31. The molecule has 3 heterocycles. The van der Waals surface area contributed by atoms with Gasteiger partial charge in [-0.1, -0.05) is 11.6 Å². The summed E-state index contributed by atoms with van der Waals surface area (Å²) < 4.78 is 15.9. The fourth-order valence-electron chi connectivity index (χ4n) is 3.18. The van der Waals surface area contributed by atoms with Crippen molar-refractivity contribution in [3.63, 3.8) is 0 Å². The third-order valence-corrected chi connectivity index (χ3v) is 4.82. The number of hydrogen-bond acceptors (Lipinski definition) is 4. The van der Waals surface area contributed by atoms with Gasteiger partial charge in [0.2, 0.25) is 0 Å². The molecule has 0 radical (unpaired) electrons. The quantitative estimate of drug-likeness (QED) is 0.538. The molecule has 28 heavy (non-hydrogen) atoms. The summed E-state index contributed by atoms with van der Waals surface area (Å²) in [5, 5.41) is 4.03. The lowest BCUT2D eigenvalue weighted by molar-refractivity contribution is 0.636. The molecule has 6 nitrogen and oxygen atoms in total. The van der Waals surface area contributed by atoms with Crippen LogP contribution in [0.15, 0.2) is 53.8 Å². The van der Waals surface area contributed by atoms with Gasteiger partial charge in [-0.05, 0) is 37.3 Å². The Kier molecular flexibility index (Phi) is 4.60. The smallest absolute Gasteiger partial charge is 0.253 e. The van der Waals surface area contributed by atoms with E-state index in [1.165, 1.54) is 6.07 Å². The summed E-state index contributed by atoms with van der Waals surface area (Å²) in [4.78, 5) is 23.5. The average Bonchev–Trinajstić information content (AvgIpc) is 3.08. The lowest BCUT2D eigenvalue weighted by Gasteiger charge is -2.16. The lowest BCUT2D eigenvalue weighted by atomic mass is 10.1. The van der Waals surface area contributed by atoms with Gasteiger partial charge in [-0.2, -0.15) is 0 Å². The van der Waals surface area contributed by atoms with Crippen LogP contribution in [-0.2, 0) is 7.05 Å². The summed E-state index contributed by atoms with van der Waals surface area (Å²) in [5.74, 6) is 0.0558. The van der Waals surface area contributed by atoms with Gasteiger partial charge in [0.25, 0.3) is 5.56 Å². The number of anilines is 1. The SMILES string of the molecule is C[C@H](Nc1cc(-c2cncn2C)ccn1)c1cc2cc(Cl)cc(F)c2[nH]c1=O. The zero-order valence-electron chi connectivity index (χ0n) is 15.2. The summed E-state index contributed by atoms with van der Waals surface area (Å²) in [6.45, 7) is 1.84. The van der Waals surface area contributed by atoms with Gasteiger partial charge in [-0.25, -0.2) is 14.4 Å². The van der Waals surface area contributed by atoms with Crippen LogP contribution in [0, 0.1) is 5.82 Å². The van der Waals surface area contributed by atoms with Crippen LogP contribution in [0.3, 0.4) is 0 Å². The maximum atomic E-state index is 14.0. The van der Waals surface area contributed by atoms with Gasteiger partial charge in [0, 0.05) is 34.8 Å². The minimum Gasteiger partial charge on any atom is -0.363 e. The maximum absolute atomic E-state index is 14.0. The molecule has 0 bridgehead atoms. The van der Waals surface area contributed by atoms with Gasteiger partial charge in [-0.3, -0.25) is 4.79 Å². The van der Waals surface area contributed by atoms with E-state index in [4.69, 9.17) is 11.6 Å². The highest BCUT2D eigenvalue weighted by Gasteiger charge is 2.14. The van der Waals surface area contributed by atoms with Gasteiger partial charge >= 0.3 is 0 Å². The summed E-state index contributed by atoms with van der Waals surface area (Å²) in [6.07, 6.45) is 5.19. The lowest BCUT2D eigenvalue weighted by Crippen LogP contribution is -2.20. The number of H-pyrrole nitrogens is 1. The second-order valence-electron chi connectivity index (χ2n) is 6.59. The molecule has 0 fully saturated rings. The summed E-state index contributed by atoms with van der Waals surface area (Å²) in [5.41, 5.74) is 2.14. The normalized spacial score (nSPS) is 12.3. The molecule has 0 aliphatic heterocycles. The number of nitrogens with zero attached hydrogens (tertiary/aromatic N) is 3.